The van der Waals surface area contributed by atoms with Crippen molar-refractivity contribution in [2.45, 2.75) is 38.6 Å². The molecule has 30 heavy (non-hydrogen) atoms. The summed E-state index contributed by atoms with van der Waals surface area (Å²) in [6, 6.07) is 13.4. The van der Waals surface area contributed by atoms with Crippen LogP contribution in [0.5, 0.6) is 5.75 Å². The second-order valence-electron chi connectivity index (χ2n) is 8.41. The van der Waals surface area contributed by atoms with Crippen molar-refractivity contribution in [3.63, 3.8) is 0 Å². The Morgan fingerprint density at radius 3 is 2.73 bits per heavy atom. The van der Waals surface area contributed by atoms with Gasteiger partial charge >= 0.3 is 5.97 Å². The van der Waals surface area contributed by atoms with Gasteiger partial charge in [0.15, 0.2) is 0 Å². The number of hydrogen-bond donors (Lipinski definition) is 1. The minimum absolute atomic E-state index is 0.146. The molecule has 2 atom stereocenters. The summed E-state index contributed by atoms with van der Waals surface area (Å²) in [5.41, 5.74) is 4.69. The van der Waals surface area contributed by atoms with Crippen molar-refractivity contribution >= 4 is 17.4 Å². The van der Waals surface area contributed by atoms with Crippen LogP contribution in [0, 0.1) is 30.1 Å². The Balaban J connectivity index is 1.59. The van der Waals surface area contributed by atoms with Crippen LogP contribution in [0.3, 0.4) is 0 Å². The maximum atomic E-state index is 11.3. The SMILES string of the molecule is Cc1cc(N2N=C3c4ccc(C(=O)O)cc4OC[C@H]3[C@H]2C2CCCC2)ccc1C#N. The molecule has 2 aliphatic heterocycles. The minimum Gasteiger partial charge on any atom is -0.492 e. The fraction of sp³-hybridized carbons (Fsp3) is 0.375. The largest absolute Gasteiger partial charge is 0.492 e. The maximum absolute atomic E-state index is 11.3. The smallest absolute Gasteiger partial charge is 0.335 e. The second kappa shape index (κ2) is 7.17. The molecule has 0 bridgehead atoms. The van der Waals surface area contributed by atoms with Crippen molar-refractivity contribution in [2.75, 3.05) is 11.6 Å². The van der Waals surface area contributed by atoms with E-state index in [1.165, 1.54) is 25.7 Å². The Morgan fingerprint density at radius 1 is 1.23 bits per heavy atom. The van der Waals surface area contributed by atoms with E-state index in [0.29, 0.717) is 23.8 Å². The number of carboxylic acids is 1. The van der Waals surface area contributed by atoms with Crippen molar-refractivity contribution in [3.8, 4) is 11.8 Å². The molecule has 2 heterocycles. The number of nitriles is 1. The van der Waals surface area contributed by atoms with Gasteiger partial charge in [0, 0.05) is 5.56 Å². The fourth-order valence-corrected chi connectivity index (χ4v) is 5.16. The Kier molecular flexibility index (Phi) is 4.47. The van der Waals surface area contributed by atoms with Gasteiger partial charge in [-0.1, -0.05) is 12.8 Å². The molecule has 0 radical (unpaired) electrons. The molecule has 0 amide bonds. The van der Waals surface area contributed by atoms with Crippen LogP contribution in [0.1, 0.15) is 52.7 Å². The highest BCUT2D eigenvalue weighted by Crippen LogP contribution is 2.44. The van der Waals surface area contributed by atoms with Crippen LogP contribution >= 0.6 is 0 Å². The summed E-state index contributed by atoms with van der Waals surface area (Å²) in [6.45, 7) is 2.45. The number of carbonyl (C=O) groups is 1. The predicted octanol–water partition coefficient (Wildman–Crippen LogP) is 4.36. The number of hydrazone groups is 1. The molecule has 1 N–H and O–H groups in total. The van der Waals surface area contributed by atoms with E-state index in [1.807, 2.05) is 31.2 Å². The Morgan fingerprint density at radius 2 is 2.03 bits per heavy atom. The first-order chi connectivity index (χ1) is 14.6. The summed E-state index contributed by atoms with van der Waals surface area (Å²) in [5, 5.41) is 25.8. The molecule has 0 unspecified atom stereocenters. The first kappa shape index (κ1) is 18.7. The van der Waals surface area contributed by atoms with E-state index in [4.69, 9.17) is 9.84 Å². The lowest BCUT2D eigenvalue weighted by Crippen LogP contribution is -2.43. The molecule has 0 spiro atoms. The number of benzene rings is 2. The number of hydrogen-bond acceptors (Lipinski definition) is 5. The second-order valence-corrected chi connectivity index (χ2v) is 8.41. The summed E-state index contributed by atoms with van der Waals surface area (Å²) >= 11 is 0. The molecule has 6 heteroatoms. The molecule has 0 aromatic heterocycles. The molecule has 2 aromatic carbocycles. The van der Waals surface area contributed by atoms with Crippen LogP contribution in [0.15, 0.2) is 41.5 Å². The molecule has 5 rings (SSSR count). The Labute approximate surface area is 175 Å². The number of rotatable bonds is 3. The van der Waals surface area contributed by atoms with Gasteiger partial charge in [-0.15, -0.1) is 0 Å². The summed E-state index contributed by atoms with van der Waals surface area (Å²) in [6.07, 6.45) is 4.84. The third-order valence-corrected chi connectivity index (χ3v) is 6.66. The summed E-state index contributed by atoms with van der Waals surface area (Å²) in [4.78, 5) is 11.3. The predicted molar refractivity (Wildman–Crippen MR) is 113 cm³/mol. The highest BCUT2D eigenvalue weighted by molar-refractivity contribution is 6.08. The van der Waals surface area contributed by atoms with Crippen LogP contribution < -0.4 is 9.75 Å². The number of nitrogens with zero attached hydrogens (tertiary/aromatic N) is 3. The van der Waals surface area contributed by atoms with E-state index < -0.39 is 5.97 Å². The van der Waals surface area contributed by atoms with Gasteiger partial charge in [-0.05, 0) is 67.6 Å². The highest BCUT2D eigenvalue weighted by atomic mass is 16.5. The zero-order valence-corrected chi connectivity index (χ0v) is 16.8. The highest BCUT2D eigenvalue weighted by Gasteiger charge is 2.46. The zero-order valence-electron chi connectivity index (χ0n) is 16.8. The van der Waals surface area contributed by atoms with Crippen LogP contribution in [-0.2, 0) is 0 Å². The van der Waals surface area contributed by atoms with Crippen LogP contribution in [-0.4, -0.2) is 29.4 Å². The zero-order chi connectivity index (χ0) is 20.8. The fourth-order valence-electron chi connectivity index (χ4n) is 5.16. The van der Waals surface area contributed by atoms with Crippen molar-refractivity contribution in [1.82, 2.24) is 0 Å². The van der Waals surface area contributed by atoms with Gasteiger partial charge in [0.1, 0.15) is 5.75 Å². The number of anilines is 1. The summed E-state index contributed by atoms with van der Waals surface area (Å²) < 4.78 is 6.05. The third-order valence-electron chi connectivity index (χ3n) is 6.66. The van der Waals surface area contributed by atoms with Crippen molar-refractivity contribution in [2.24, 2.45) is 16.9 Å². The van der Waals surface area contributed by atoms with Crippen molar-refractivity contribution < 1.29 is 14.6 Å². The number of aromatic carboxylic acids is 1. The topological polar surface area (TPSA) is 85.9 Å². The van der Waals surface area contributed by atoms with Crippen molar-refractivity contribution in [1.29, 1.82) is 5.26 Å². The third kappa shape index (κ3) is 2.93. The van der Waals surface area contributed by atoms with Gasteiger partial charge in [0.05, 0.1) is 47.2 Å². The van der Waals surface area contributed by atoms with Crippen molar-refractivity contribution in [3.05, 3.63) is 58.7 Å². The minimum atomic E-state index is -0.963. The Bertz CT molecular complexity index is 1100. The first-order valence-electron chi connectivity index (χ1n) is 10.5. The number of aryl methyl sites for hydroxylation is 1. The molecule has 3 aliphatic rings. The summed E-state index contributed by atoms with van der Waals surface area (Å²) in [5.74, 6) is 0.311. The van der Waals surface area contributed by atoms with E-state index in [2.05, 4.69) is 11.1 Å². The standard InChI is InChI=1S/C24H23N3O3/c1-14-10-18(8-6-17(14)12-25)27-23(15-4-2-3-5-15)20-13-30-21-11-16(24(28)29)7-9-19(21)22(20)26-27/h6-11,15,20,23H,2-5,13H2,1H3,(H,28,29)/t20-,23-/m1/s1. The lowest BCUT2D eigenvalue weighted by molar-refractivity contribution is 0.0696. The van der Waals surface area contributed by atoms with Gasteiger partial charge in [-0.3, -0.25) is 5.01 Å². The quantitative estimate of drug-likeness (QED) is 0.826. The van der Waals surface area contributed by atoms with Gasteiger partial charge in [-0.25, -0.2) is 4.79 Å². The van der Waals surface area contributed by atoms with Crippen LogP contribution in [0.2, 0.25) is 0 Å². The average molecular weight is 401 g/mol. The van der Waals surface area contributed by atoms with Gasteiger partial charge < -0.3 is 9.84 Å². The molecular formula is C24H23N3O3. The normalized spacial score (nSPS) is 22.7. The summed E-state index contributed by atoms with van der Waals surface area (Å²) in [7, 11) is 0. The maximum Gasteiger partial charge on any atom is 0.335 e. The lowest BCUT2D eigenvalue weighted by atomic mass is 9.81. The molecule has 6 nitrogen and oxygen atoms in total. The van der Waals surface area contributed by atoms with Crippen LogP contribution in [0.25, 0.3) is 0 Å². The first-order valence-corrected chi connectivity index (χ1v) is 10.5. The Hall–Kier alpha value is -3.33. The van der Waals surface area contributed by atoms with Crippen LogP contribution in [0.4, 0.5) is 5.69 Å². The number of fused-ring (bicyclic) bond motifs is 3. The van der Waals surface area contributed by atoms with Gasteiger partial charge in [0.2, 0.25) is 0 Å². The van der Waals surface area contributed by atoms with E-state index >= 15 is 0 Å². The van der Waals surface area contributed by atoms with E-state index in [0.717, 1.165) is 22.5 Å². The monoisotopic (exact) mass is 401 g/mol. The van der Waals surface area contributed by atoms with Gasteiger partial charge in [-0.2, -0.15) is 10.4 Å². The van der Waals surface area contributed by atoms with E-state index in [1.54, 1.807) is 12.1 Å². The van der Waals surface area contributed by atoms with Gasteiger partial charge in [0.25, 0.3) is 0 Å². The molecule has 1 fully saturated rings. The molecule has 152 valence electrons. The lowest BCUT2D eigenvalue weighted by Gasteiger charge is -2.34. The molecule has 2 aromatic rings. The molecular weight excluding hydrogens is 378 g/mol. The van der Waals surface area contributed by atoms with E-state index in [-0.39, 0.29) is 17.5 Å². The molecule has 1 aliphatic carbocycles. The number of ether oxygens (including phenoxy) is 1. The molecule has 1 saturated carbocycles. The average Bonchev–Trinajstić information content (AvgIpc) is 3.40. The molecule has 0 saturated heterocycles. The van der Waals surface area contributed by atoms with E-state index in [9.17, 15) is 15.2 Å². The number of carboxylic acid groups (broad SMARTS) is 1.